The fourth-order valence-corrected chi connectivity index (χ4v) is 2.51. The summed E-state index contributed by atoms with van der Waals surface area (Å²) in [5.74, 6) is -0.194. The number of benzene rings is 1. The fourth-order valence-electron chi connectivity index (χ4n) is 2.38. The molecule has 5 nitrogen and oxygen atoms in total. The molecule has 6 heteroatoms. The van der Waals surface area contributed by atoms with Crippen LogP contribution in [0.2, 0.25) is 5.02 Å². The van der Waals surface area contributed by atoms with Crippen molar-refractivity contribution in [3.8, 4) is 0 Å². The molecule has 0 radical (unpaired) electrons. The lowest BCUT2D eigenvalue weighted by Gasteiger charge is -2.32. The first-order valence-electron chi connectivity index (χ1n) is 6.11. The van der Waals surface area contributed by atoms with E-state index in [0.717, 1.165) is 11.4 Å². The van der Waals surface area contributed by atoms with Gasteiger partial charge in [-0.3, -0.25) is 5.10 Å². The second-order valence-corrected chi connectivity index (χ2v) is 4.90. The molecule has 100 valence electrons. The Labute approximate surface area is 115 Å². The number of nitrogens with zero attached hydrogens (tertiary/aromatic N) is 2. The molecule has 1 saturated heterocycles. The van der Waals surface area contributed by atoms with Crippen LogP contribution in [0, 0.1) is 0 Å². The van der Waals surface area contributed by atoms with Gasteiger partial charge in [0.25, 0.3) is 0 Å². The second kappa shape index (κ2) is 4.92. The van der Waals surface area contributed by atoms with Crippen LogP contribution in [0.3, 0.4) is 0 Å². The average molecular weight is 280 g/mol. The van der Waals surface area contributed by atoms with E-state index in [1.807, 2.05) is 31.2 Å². The molecule has 1 unspecified atom stereocenters. The Bertz CT molecular complexity index is 536. The number of aromatic amines is 1. The number of rotatable bonds is 3. The third-order valence-corrected chi connectivity index (χ3v) is 3.63. The summed E-state index contributed by atoms with van der Waals surface area (Å²) in [6.07, 6.45) is 1.48. The Morgan fingerprint density at radius 2 is 1.95 bits per heavy atom. The van der Waals surface area contributed by atoms with Crippen LogP contribution in [-0.4, -0.2) is 28.4 Å². The summed E-state index contributed by atoms with van der Waals surface area (Å²) in [6, 6.07) is 7.49. The summed E-state index contributed by atoms with van der Waals surface area (Å²) in [4.78, 5) is 4.20. The largest absolute Gasteiger partial charge is 0.343 e. The van der Waals surface area contributed by atoms with E-state index in [9.17, 15) is 0 Å². The van der Waals surface area contributed by atoms with E-state index in [1.165, 1.54) is 6.33 Å². The molecule has 1 aromatic heterocycles. The molecule has 1 N–H and O–H groups in total. The molecule has 1 atom stereocenters. The fraction of sp³-hybridized carbons (Fsp3) is 0.385. The van der Waals surface area contributed by atoms with Gasteiger partial charge in [0.1, 0.15) is 12.2 Å². The van der Waals surface area contributed by atoms with Crippen LogP contribution in [-0.2, 0) is 15.3 Å². The molecule has 0 bridgehead atoms. The molecule has 1 aliphatic rings. The lowest BCUT2D eigenvalue weighted by atomic mass is 9.92. The van der Waals surface area contributed by atoms with E-state index < -0.39 is 5.79 Å². The first kappa shape index (κ1) is 12.6. The molecule has 1 aliphatic heterocycles. The molecular weight excluding hydrogens is 266 g/mol. The summed E-state index contributed by atoms with van der Waals surface area (Å²) < 4.78 is 11.8. The Kier molecular flexibility index (Phi) is 3.26. The highest BCUT2D eigenvalue weighted by Gasteiger charge is 2.45. The monoisotopic (exact) mass is 279 g/mol. The van der Waals surface area contributed by atoms with Gasteiger partial charge in [0, 0.05) is 10.6 Å². The van der Waals surface area contributed by atoms with Crippen LogP contribution in [0.1, 0.15) is 24.2 Å². The van der Waals surface area contributed by atoms with Crippen LogP contribution in [0.15, 0.2) is 30.6 Å². The van der Waals surface area contributed by atoms with Crippen molar-refractivity contribution < 1.29 is 9.47 Å². The number of ether oxygens (including phenoxy) is 2. The summed E-state index contributed by atoms with van der Waals surface area (Å²) in [5.41, 5.74) is 0.929. The first-order valence-corrected chi connectivity index (χ1v) is 6.49. The van der Waals surface area contributed by atoms with Crippen LogP contribution < -0.4 is 0 Å². The van der Waals surface area contributed by atoms with Gasteiger partial charge in [-0.05, 0) is 19.1 Å². The maximum atomic E-state index is 5.93. The minimum atomic E-state index is -0.829. The van der Waals surface area contributed by atoms with Crippen LogP contribution >= 0.6 is 11.6 Å². The number of nitrogens with one attached hydrogen (secondary N) is 1. The summed E-state index contributed by atoms with van der Waals surface area (Å²) in [6.45, 7) is 3.11. The Morgan fingerprint density at radius 3 is 2.53 bits per heavy atom. The number of H-pyrrole nitrogens is 1. The number of halogens is 1. The third kappa shape index (κ3) is 2.14. The van der Waals surface area contributed by atoms with E-state index >= 15 is 0 Å². The standard InChI is InChI=1S/C13H14ClN3O2/c1-9(12-15-8-16-17-12)13(18-6-7-19-13)10-2-4-11(14)5-3-10/h2-5,8-9H,6-7H2,1H3,(H,15,16,17). The molecule has 1 fully saturated rings. The zero-order chi connectivity index (χ0) is 13.3. The van der Waals surface area contributed by atoms with E-state index in [2.05, 4.69) is 15.2 Å². The molecule has 0 aliphatic carbocycles. The highest BCUT2D eigenvalue weighted by Crippen LogP contribution is 2.42. The molecule has 2 aromatic rings. The first-order chi connectivity index (χ1) is 9.22. The lowest BCUT2D eigenvalue weighted by molar-refractivity contribution is -0.182. The Hall–Kier alpha value is -1.43. The number of hydrogen-bond acceptors (Lipinski definition) is 4. The SMILES string of the molecule is CC(c1ncn[nH]1)C1(c2ccc(Cl)cc2)OCCO1. The predicted octanol–water partition coefficient (Wildman–Crippen LogP) is 2.46. The molecule has 0 spiro atoms. The summed E-state index contributed by atoms with van der Waals surface area (Å²) in [5, 5.41) is 7.44. The highest BCUT2D eigenvalue weighted by atomic mass is 35.5. The molecular formula is C13H14ClN3O2. The average Bonchev–Trinajstić information content (AvgIpc) is 3.11. The third-order valence-electron chi connectivity index (χ3n) is 3.38. The maximum Gasteiger partial charge on any atom is 0.204 e. The van der Waals surface area contributed by atoms with E-state index in [4.69, 9.17) is 21.1 Å². The van der Waals surface area contributed by atoms with Gasteiger partial charge >= 0.3 is 0 Å². The molecule has 3 rings (SSSR count). The van der Waals surface area contributed by atoms with Gasteiger partial charge in [0.2, 0.25) is 5.79 Å². The van der Waals surface area contributed by atoms with Crippen molar-refractivity contribution in [3.05, 3.63) is 47.0 Å². The van der Waals surface area contributed by atoms with E-state index in [0.29, 0.717) is 18.2 Å². The Balaban J connectivity index is 2.01. The molecule has 2 heterocycles. The van der Waals surface area contributed by atoms with Crippen molar-refractivity contribution in [2.24, 2.45) is 0 Å². The van der Waals surface area contributed by atoms with Crippen molar-refractivity contribution in [2.75, 3.05) is 13.2 Å². The van der Waals surface area contributed by atoms with Crippen molar-refractivity contribution >= 4 is 11.6 Å². The number of aromatic nitrogens is 3. The minimum Gasteiger partial charge on any atom is -0.343 e. The van der Waals surface area contributed by atoms with Crippen LogP contribution in [0.4, 0.5) is 0 Å². The van der Waals surface area contributed by atoms with Crippen LogP contribution in [0.25, 0.3) is 0 Å². The van der Waals surface area contributed by atoms with Gasteiger partial charge in [-0.2, -0.15) is 5.10 Å². The zero-order valence-electron chi connectivity index (χ0n) is 10.5. The molecule has 19 heavy (non-hydrogen) atoms. The van der Waals surface area contributed by atoms with Gasteiger partial charge < -0.3 is 9.47 Å². The summed E-state index contributed by atoms with van der Waals surface area (Å²) in [7, 11) is 0. The highest BCUT2D eigenvalue weighted by molar-refractivity contribution is 6.30. The number of hydrogen-bond donors (Lipinski definition) is 1. The van der Waals surface area contributed by atoms with Crippen molar-refractivity contribution in [3.63, 3.8) is 0 Å². The molecule has 1 aromatic carbocycles. The van der Waals surface area contributed by atoms with Gasteiger partial charge in [-0.25, -0.2) is 4.98 Å². The van der Waals surface area contributed by atoms with Crippen molar-refractivity contribution in [1.82, 2.24) is 15.2 Å². The zero-order valence-corrected chi connectivity index (χ0v) is 11.2. The van der Waals surface area contributed by atoms with Crippen molar-refractivity contribution in [2.45, 2.75) is 18.6 Å². The smallest absolute Gasteiger partial charge is 0.204 e. The normalized spacial score (nSPS) is 19.5. The van der Waals surface area contributed by atoms with Crippen LogP contribution in [0.5, 0.6) is 0 Å². The predicted molar refractivity (Wildman–Crippen MR) is 69.8 cm³/mol. The van der Waals surface area contributed by atoms with Crippen molar-refractivity contribution in [1.29, 1.82) is 0 Å². The molecule has 0 saturated carbocycles. The van der Waals surface area contributed by atoms with Gasteiger partial charge in [0.05, 0.1) is 19.1 Å². The lowest BCUT2D eigenvalue weighted by Crippen LogP contribution is -2.34. The maximum absolute atomic E-state index is 5.93. The van der Waals surface area contributed by atoms with E-state index in [1.54, 1.807) is 0 Å². The minimum absolute atomic E-state index is 0.0984. The quantitative estimate of drug-likeness (QED) is 0.938. The van der Waals surface area contributed by atoms with Gasteiger partial charge in [-0.15, -0.1) is 0 Å². The topological polar surface area (TPSA) is 60.0 Å². The van der Waals surface area contributed by atoms with Gasteiger partial charge in [0.15, 0.2) is 0 Å². The Morgan fingerprint density at radius 1 is 1.26 bits per heavy atom. The second-order valence-electron chi connectivity index (χ2n) is 4.46. The van der Waals surface area contributed by atoms with Gasteiger partial charge in [-0.1, -0.05) is 23.7 Å². The summed E-state index contributed by atoms with van der Waals surface area (Å²) >= 11 is 5.93. The van der Waals surface area contributed by atoms with E-state index in [-0.39, 0.29) is 5.92 Å². The molecule has 0 amide bonds.